The van der Waals surface area contributed by atoms with Crippen molar-refractivity contribution in [3.05, 3.63) is 59.2 Å². The molecular formula is C19H17F2N3O2. The van der Waals surface area contributed by atoms with Crippen LogP contribution >= 0.6 is 0 Å². The van der Waals surface area contributed by atoms with Crippen LogP contribution in [0.15, 0.2) is 36.4 Å². The van der Waals surface area contributed by atoms with E-state index in [-0.39, 0.29) is 18.2 Å². The van der Waals surface area contributed by atoms with E-state index >= 15 is 0 Å². The van der Waals surface area contributed by atoms with Gasteiger partial charge >= 0.3 is 0 Å². The molecule has 2 aliphatic heterocycles. The van der Waals surface area contributed by atoms with Gasteiger partial charge < -0.3 is 15.1 Å². The van der Waals surface area contributed by atoms with Crippen LogP contribution in [0.5, 0.6) is 0 Å². The Labute approximate surface area is 149 Å². The van der Waals surface area contributed by atoms with Crippen molar-refractivity contribution in [3.63, 3.8) is 0 Å². The fourth-order valence-electron chi connectivity index (χ4n) is 3.51. The number of rotatable bonds is 2. The van der Waals surface area contributed by atoms with E-state index < -0.39 is 11.6 Å². The van der Waals surface area contributed by atoms with E-state index in [1.54, 1.807) is 23.1 Å². The van der Waals surface area contributed by atoms with E-state index in [0.717, 1.165) is 11.6 Å². The number of hydrogen-bond acceptors (Lipinski definition) is 3. The Morgan fingerprint density at radius 2 is 1.69 bits per heavy atom. The smallest absolute Gasteiger partial charge is 0.254 e. The summed E-state index contributed by atoms with van der Waals surface area (Å²) >= 11 is 0. The third-order valence-electron chi connectivity index (χ3n) is 4.80. The van der Waals surface area contributed by atoms with Crippen LogP contribution in [0.4, 0.5) is 20.2 Å². The number of amides is 2. The van der Waals surface area contributed by atoms with Gasteiger partial charge in [-0.2, -0.15) is 0 Å². The summed E-state index contributed by atoms with van der Waals surface area (Å²) in [4.78, 5) is 28.0. The van der Waals surface area contributed by atoms with Gasteiger partial charge in [0.15, 0.2) is 0 Å². The van der Waals surface area contributed by atoms with Crippen molar-refractivity contribution in [2.75, 3.05) is 36.4 Å². The highest BCUT2D eigenvalue weighted by atomic mass is 19.1. The monoisotopic (exact) mass is 357 g/mol. The number of nitrogens with zero attached hydrogens (tertiary/aromatic N) is 2. The summed E-state index contributed by atoms with van der Waals surface area (Å²) in [6, 6.07) is 8.70. The lowest BCUT2D eigenvalue weighted by Gasteiger charge is -2.36. The van der Waals surface area contributed by atoms with Gasteiger partial charge in [-0.1, -0.05) is 6.07 Å². The second-order valence-corrected chi connectivity index (χ2v) is 6.46. The second-order valence-electron chi connectivity index (χ2n) is 6.46. The highest BCUT2D eigenvalue weighted by molar-refractivity contribution is 6.05. The molecule has 2 aromatic rings. The molecule has 2 amide bonds. The maximum Gasteiger partial charge on any atom is 0.254 e. The SMILES string of the molecule is O=C1Cc2c(cccc2C(=O)N2CCN(c3cc(F)cc(F)c3)CC2)N1. The summed E-state index contributed by atoms with van der Waals surface area (Å²) in [5, 5.41) is 2.75. The van der Waals surface area contributed by atoms with Crippen LogP contribution in [0, 0.1) is 11.6 Å². The average Bonchev–Trinajstić information content (AvgIpc) is 3.00. The molecule has 134 valence electrons. The summed E-state index contributed by atoms with van der Waals surface area (Å²) in [7, 11) is 0. The topological polar surface area (TPSA) is 52.7 Å². The Balaban J connectivity index is 1.48. The standard InChI is InChI=1S/C19H17F2N3O2/c20-12-8-13(21)10-14(9-12)23-4-6-24(7-5-23)19(26)15-2-1-3-17-16(15)11-18(25)22-17/h1-3,8-10H,4-7,11H2,(H,22,25). The van der Waals surface area contributed by atoms with Crippen molar-refractivity contribution in [1.82, 2.24) is 4.90 Å². The summed E-state index contributed by atoms with van der Waals surface area (Å²) < 4.78 is 26.8. The molecular weight excluding hydrogens is 340 g/mol. The molecule has 1 saturated heterocycles. The molecule has 5 nitrogen and oxygen atoms in total. The molecule has 26 heavy (non-hydrogen) atoms. The fourth-order valence-corrected chi connectivity index (χ4v) is 3.51. The Kier molecular flexibility index (Phi) is 4.06. The lowest BCUT2D eigenvalue weighted by molar-refractivity contribution is -0.115. The van der Waals surface area contributed by atoms with Gasteiger partial charge in [-0.25, -0.2) is 8.78 Å². The van der Waals surface area contributed by atoms with Gasteiger partial charge in [-0.15, -0.1) is 0 Å². The van der Waals surface area contributed by atoms with Crippen molar-refractivity contribution in [2.45, 2.75) is 6.42 Å². The lowest BCUT2D eigenvalue weighted by Crippen LogP contribution is -2.49. The summed E-state index contributed by atoms with van der Waals surface area (Å²) in [6.07, 6.45) is 0.208. The maximum atomic E-state index is 13.4. The first-order chi connectivity index (χ1) is 12.5. The van der Waals surface area contributed by atoms with Crippen LogP contribution in [-0.4, -0.2) is 42.9 Å². The molecule has 2 heterocycles. The predicted octanol–water partition coefficient (Wildman–Crippen LogP) is 2.42. The van der Waals surface area contributed by atoms with Crippen molar-refractivity contribution in [1.29, 1.82) is 0 Å². The predicted molar refractivity (Wildman–Crippen MR) is 93.3 cm³/mol. The van der Waals surface area contributed by atoms with Gasteiger partial charge in [-0.3, -0.25) is 9.59 Å². The zero-order chi connectivity index (χ0) is 18.3. The van der Waals surface area contributed by atoms with Gasteiger partial charge in [-0.05, 0) is 29.8 Å². The molecule has 2 aromatic carbocycles. The fraction of sp³-hybridized carbons (Fsp3) is 0.263. The van der Waals surface area contributed by atoms with Crippen LogP contribution in [0.1, 0.15) is 15.9 Å². The van der Waals surface area contributed by atoms with E-state index in [0.29, 0.717) is 43.1 Å². The number of fused-ring (bicyclic) bond motifs is 1. The number of hydrogen-bond donors (Lipinski definition) is 1. The minimum Gasteiger partial charge on any atom is -0.368 e. The molecule has 2 aliphatic rings. The number of carbonyl (C=O) groups is 2. The van der Waals surface area contributed by atoms with Crippen molar-refractivity contribution >= 4 is 23.2 Å². The maximum absolute atomic E-state index is 13.4. The van der Waals surface area contributed by atoms with Crippen molar-refractivity contribution in [3.8, 4) is 0 Å². The zero-order valence-corrected chi connectivity index (χ0v) is 14.0. The van der Waals surface area contributed by atoms with Gasteiger partial charge in [0, 0.05) is 49.2 Å². The molecule has 0 aromatic heterocycles. The Morgan fingerprint density at radius 3 is 2.38 bits per heavy atom. The van der Waals surface area contributed by atoms with Gasteiger partial charge in [0.25, 0.3) is 5.91 Å². The Hall–Kier alpha value is -2.96. The molecule has 0 bridgehead atoms. The van der Waals surface area contributed by atoms with Crippen LogP contribution in [0.2, 0.25) is 0 Å². The van der Waals surface area contributed by atoms with E-state index in [9.17, 15) is 18.4 Å². The largest absolute Gasteiger partial charge is 0.368 e. The number of nitrogens with one attached hydrogen (secondary N) is 1. The van der Waals surface area contributed by atoms with Crippen molar-refractivity contribution < 1.29 is 18.4 Å². The quantitative estimate of drug-likeness (QED) is 0.898. The number of anilines is 2. The first-order valence-corrected chi connectivity index (χ1v) is 8.43. The normalized spacial score (nSPS) is 16.5. The molecule has 7 heteroatoms. The second kappa shape index (κ2) is 6.40. The Morgan fingerprint density at radius 1 is 1.00 bits per heavy atom. The number of carbonyl (C=O) groups excluding carboxylic acids is 2. The van der Waals surface area contributed by atoms with E-state index in [1.807, 2.05) is 4.90 Å². The Bertz CT molecular complexity index is 872. The minimum absolute atomic E-state index is 0.113. The average molecular weight is 357 g/mol. The van der Waals surface area contributed by atoms with Gasteiger partial charge in [0.1, 0.15) is 11.6 Å². The molecule has 0 unspecified atom stereocenters. The van der Waals surface area contributed by atoms with Crippen LogP contribution in [-0.2, 0) is 11.2 Å². The summed E-state index contributed by atoms with van der Waals surface area (Å²) in [5.74, 6) is -1.47. The number of piperazine rings is 1. The van der Waals surface area contributed by atoms with E-state index in [1.165, 1.54) is 12.1 Å². The molecule has 0 aliphatic carbocycles. The van der Waals surface area contributed by atoms with Crippen molar-refractivity contribution in [2.24, 2.45) is 0 Å². The summed E-state index contributed by atoms with van der Waals surface area (Å²) in [6.45, 7) is 1.87. The summed E-state index contributed by atoms with van der Waals surface area (Å²) in [5.41, 5.74) is 2.43. The van der Waals surface area contributed by atoms with E-state index in [4.69, 9.17) is 0 Å². The molecule has 0 spiro atoms. The molecule has 1 fully saturated rings. The highest BCUT2D eigenvalue weighted by Crippen LogP contribution is 2.28. The molecule has 0 atom stereocenters. The lowest BCUT2D eigenvalue weighted by atomic mass is 10.0. The molecule has 0 saturated carbocycles. The van der Waals surface area contributed by atoms with Gasteiger partial charge in [0.05, 0.1) is 6.42 Å². The number of benzene rings is 2. The highest BCUT2D eigenvalue weighted by Gasteiger charge is 2.28. The minimum atomic E-state index is -0.615. The van der Waals surface area contributed by atoms with Crippen LogP contribution in [0.3, 0.4) is 0 Å². The van der Waals surface area contributed by atoms with Crippen LogP contribution in [0.25, 0.3) is 0 Å². The number of halogens is 2. The van der Waals surface area contributed by atoms with Crippen LogP contribution < -0.4 is 10.2 Å². The first kappa shape index (κ1) is 16.5. The van der Waals surface area contributed by atoms with Gasteiger partial charge in [0.2, 0.25) is 5.91 Å². The molecule has 0 radical (unpaired) electrons. The third-order valence-corrected chi connectivity index (χ3v) is 4.80. The zero-order valence-electron chi connectivity index (χ0n) is 14.0. The third kappa shape index (κ3) is 3.00. The molecule has 4 rings (SSSR count). The first-order valence-electron chi connectivity index (χ1n) is 8.43. The van der Waals surface area contributed by atoms with E-state index in [2.05, 4.69) is 5.32 Å². The molecule has 1 N–H and O–H groups in total.